The van der Waals surface area contributed by atoms with Crippen LogP contribution in [-0.4, -0.2) is 69.5 Å². The molecule has 2 saturated heterocycles. The summed E-state index contributed by atoms with van der Waals surface area (Å²) < 4.78 is 33.3. The van der Waals surface area contributed by atoms with Crippen LogP contribution in [0.25, 0.3) is 0 Å². The van der Waals surface area contributed by atoms with Crippen LogP contribution >= 0.6 is 0 Å². The van der Waals surface area contributed by atoms with Gasteiger partial charge in [-0.1, -0.05) is 0 Å². The SMILES string of the molecule is O=S(=O)(c1ccc2c(c1)CCCO2)N1CCC(N2CCNCC2)C1. The van der Waals surface area contributed by atoms with E-state index in [1.807, 2.05) is 12.1 Å². The van der Waals surface area contributed by atoms with Gasteiger partial charge in [0.2, 0.25) is 10.0 Å². The van der Waals surface area contributed by atoms with Gasteiger partial charge in [0.25, 0.3) is 0 Å². The fourth-order valence-electron chi connectivity index (χ4n) is 3.92. The maximum atomic E-state index is 13.0. The second-order valence-corrected chi connectivity index (χ2v) is 8.75. The predicted molar refractivity (Wildman–Crippen MR) is 91.9 cm³/mol. The third-order valence-electron chi connectivity index (χ3n) is 5.31. The number of sulfonamides is 1. The van der Waals surface area contributed by atoms with Gasteiger partial charge in [-0.2, -0.15) is 4.31 Å². The van der Waals surface area contributed by atoms with Crippen LogP contribution in [0.2, 0.25) is 0 Å². The van der Waals surface area contributed by atoms with Crippen LogP contribution in [0.4, 0.5) is 0 Å². The highest BCUT2D eigenvalue weighted by atomic mass is 32.2. The lowest BCUT2D eigenvalue weighted by molar-refractivity contribution is 0.179. The molecule has 3 aliphatic rings. The van der Waals surface area contributed by atoms with Crippen molar-refractivity contribution in [3.8, 4) is 5.75 Å². The van der Waals surface area contributed by atoms with Crippen molar-refractivity contribution in [2.24, 2.45) is 0 Å². The Balaban J connectivity index is 1.51. The van der Waals surface area contributed by atoms with Gasteiger partial charge in [-0.3, -0.25) is 4.90 Å². The minimum absolute atomic E-state index is 0.350. The first kappa shape index (κ1) is 16.3. The third-order valence-corrected chi connectivity index (χ3v) is 7.17. The fraction of sp³-hybridized carbons (Fsp3) is 0.647. The number of piperazine rings is 1. The molecule has 0 radical (unpaired) electrons. The predicted octanol–water partition coefficient (Wildman–Crippen LogP) is 0.680. The van der Waals surface area contributed by atoms with Gasteiger partial charge in [-0.15, -0.1) is 0 Å². The minimum Gasteiger partial charge on any atom is -0.493 e. The Bertz CT molecular complexity index is 701. The quantitative estimate of drug-likeness (QED) is 0.868. The van der Waals surface area contributed by atoms with E-state index >= 15 is 0 Å². The maximum absolute atomic E-state index is 13.0. The number of rotatable bonds is 3. The number of nitrogens with one attached hydrogen (secondary N) is 1. The van der Waals surface area contributed by atoms with E-state index in [0.29, 0.717) is 24.0 Å². The van der Waals surface area contributed by atoms with E-state index in [9.17, 15) is 8.42 Å². The van der Waals surface area contributed by atoms with E-state index in [-0.39, 0.29) is 0 Å². The van der Waals surface area contributed by atoms with E-state index < -0.39 is 10.0 Å². The first-order valence-electron chi connectivity index (χ1n) is 8.85. The Hall–Kier alpha value is -1.15. The Labute approximate surface area is 143 Å². The smallest absolute Gasteiger partial charge is 0.243 e. The minimum atomic E-state index is -3.41. The second kappa shape index (κ2) is 6.63. The molecular formula is C17H25N3O3S. The normalized spacial score (nSPS) is 26.1. The van der Waals surface area contributed by atoms with Crippen LogP contribution < -0.4 is 10.1 Å². The van der Waals surface area contributed by atoms with E-state index in [0.717, 1.165) is 63.4 Å². The van der Waals surface area contributed by atoms with Gasteiger partial charge in [0, 0.05) is 45.3 Å². The lowest BCUT2D eigenvalue weighted by Crippen LogP contribution is -2.49. The number of nitrogens with zero attached hydrogens (tertiary/aromatic N) is 2. The van der Waals surface area contributed by atoms with Gasteiger partial charge in [-0.05, 0) is 43.0 Å². The summed E-state index contributed by atoms with van der Waals surface area (Å²) in [7, 11) is -3.41. The highest BCUT2D eigenvalue weighted by molar-refractivity contribution is 7.89. The molecule has 1 aromatic rings. The highest BCUT2D eigenvalue weighted by Crippen LogP contribution is 2.30. The molecule has 1 aromatic carbocycles. The van der Waals surface area contributed by atoms with Gasteiger partial charge >= 0.3 is 0 Å². The monoisotopic (exact) mass is 351 g/mol. The molecule has 3 heterocycles. The molecule has 0 aromatic heterocycles. The van der Waals surface area contributed by atoms with Gasteiger partial charge < -0.3 is 10.1 Å². The first-order valence-corrected chi connectivity index (χ1v) is 10.3. The zero-order valence-electron chi connectivity index (χ0n) is 13.9. The molecule has 0 saturated carbocycles. The Morgan fingerprint density at radius 2 is 2.00 bits per heavy atom. The van der Waals surface area contributed by atoms with Crippen molar-refractivity contribution in [2.45, 2.75) is 30.2 Å². The molecular weight excluding hydrogens is 326 g/mol. The summed E-state index contributed by atoms with van der Waals surface area (Å²) in [5.41, 5.74) is 1.01. The van der Waals surface area contributed by atoms with Crippen molar-refractivity contribution in [1.82, 2.24) is 14.5 Å². The molecule has 0 aliphatic carbocycles. The summed E-state index contributed by atoms with van der Waals surface area (Å²) in [5.74, 6) is 0.834. The van der Waals surface area contributed by atoms with Crippen molar-refractivity contribution in [1.29, 1.82) is 0 Å². The molecule has 2 fully saturated rings. The highest BCUT2D eigenvalue weighted by Gasteiger charge is 2.35. The van der Waals surface area contributed by atoms with Crippen LogP contribution in [0.5, 0.6) is 5.75 Å². The third kappa shape index (κ3) is 3.06. The molecule has 7 heteroatoms. The number of ether oxygens (including phenoxy) is 1. The van der Waals surface area contributed by atoms with Gasteiger partial charge in [0.05, 0.1) is 11.5 Å². The molecule has 0 amide bonds. The first-order chi connectivity index (χ1) is 11.6. The summed E-state index contributed by atoms with van der Waals surface area (Å²) >= 11 is 0. The summed E-state index contributed by atoms with van der Waals surface area (Å²) in [6.07, 6.45) is 2.76. The van der Waals surface area contributed by atoms with Crippen molar-refractivity contribution >= 4 is 10.0 Å². The van der Waals surface area contributed by atoms with Gasteiger partial charge in [0.1, 0.15) is 5.75 Å². The van der Waals surface area contributed by atoms with Crippen LogP contribution in [0, 0.1) is 0 Å². The molecule has 24 heavy (non-hydrogen) atoms. The molecule has 6 nitrogen and oxygen atoms in total. The number of benzene rings is 1. The molecule has 1 unspecified atom stereocenters. The largest absolute Gasteiger partial charge is 0.493 e. The Morgan fingerprint density at radius 3 is 2.83 bits per heavy atom. The average molecular weight is 351 g/mol. The Morgan fingerprint density at radius 1 is 1.17 bits per heavy atom. The maximum Gasteiger partial charge on any atom is 0.243 e. The standard InChI is InChI=1S/C17H25N3O3S/c21-24(22,16-3-4-17-14(12-16)2-1-11-23-17)20-8-5-15(13-20)19-9-6-18-7-10-19/h3-4,12,15,18H,1-2,5-11,13H2. The van der Waals surface area contributed by atoms with Crippen molar-refractivity contribution in [3.05, 3.63) is 23.8 Å². The summed E-state index contributed by atoms with van der Waals surface area (Å²) in [6.45, 7) is 5.95. The zero-order valence-corrected chi connectivity index (χ0v) is 14.7. The van der Waals surface area contributed by atoms with Crippen LogP contribution in [0.3, 0.4) is 0 Å². The zero-order chi connectivity index (χ0) is 16.6. The van der Waals surface area contributed by atoms with Crippen LogP contribution in [-0.2, 0) is 16.4 Å². The van der Waals surface area contributed by atoms with Crippen molar-refractivity contribution in [2.75, 3.05) is 45.9 Å². The second-order valence-electron chi connectivity index (χ2n) is 6.81. The van der Waals surface area contributed by atoms with Crippen LogP contribution in [0.1, 0.15) is 18.4 Å². The molecule has 4 rings (SSSR count). The van der Waals surface area contributed by atoms with E-state index in [1.165, 1.54) is 0 Å². The molecule has 0 bridgehead atoms. The summed E-state index contributed by atoms with van der Waals surface area (Å²) in [4.78, 5) is 2.83. The lowest BCUT2D eigenvalue weighted by atomic mass is 10.1. The number of hydrogen-bond acceptors (Lipinski definition) is 5. The van der Waals surface area contributed by atoms with E-state index in [4.69, 9.17) is 4.74 Å². The molecule has 1 atom stereocenters. The van der Waals surface area contributed by atoms with Crippen LogP contribution in [0.15, 0.2) is 23.1 Å². The lowest BCUT2D eigenvalue weighted by Gasteiger charge is -2.32. The molecule has 1 N–H and O–H groups in total. The number of hydrogen-bond donors (Lipinski definition) is 1. The topological polar surface area (TPSA) is 61.9 Å². The molecule has 132 valence electrons. The van der Waals surface area contributed by atoms with E-state index in [2.05, 4.69) is 10.2 Å². The average Bonchev–Trinajstić information content (AvgIpc) is 3.13. The van der Waals surface area contributed by atoms with Crippen molar-refractivity contribution in [3.63, 3.8) is 0 Å². The Kier molecular flexibility index (Phi) is 4.51. The van der Waals surface area contributed by atoms with Gasteiger partial charge in [0.15, 0.2) is 0 Å². The fourth-order valence-corrected chi connectivity index (χ4v) is 5.46. The number of aryl methyl sites for hydroxylation is 1. The summed E-state index contributed by atoms with van der Waals surface area (Å²) in [6, 6.07) is 5.66. The van der Waals surface area contributed by atoms with Gasteiger partial charge in [-0.25, -0.2) is 8.42 Å². The van der Waals surface area contributed by atoms with E-state index in [1.54, 1.807) is 10.4 Å². The summed E-state index contributed by atoms with van der Waals surface area (Å²) in [5, 5.41) is 3.35. The number of fused-ring (bicyclic) bond motifs is 1. The molecule has 3 aliphatic heterocycles. The molecule has 0 spiro atoms. The van der Waals surface area contributed by atoms with Crippen molar-refractivity contribution < 1.29 is 13.2 Å².